The molecule has 1 saturated heterocycles. The predicted octanol–water partition coefficient (Wildman–Crippen LogP) is -0.997. The molecule has 0 saturated carbocycles. The Morgan fingerprint density at radius 1 is 1.45 bits per heavy atom. The Kier molecular flexibility index (Phi) is 4.71. The average molecular weight is 312 g/mol. The minimum atomic E-state index is -0.738. The number of anilines is 1. The van der Waals surface area contributed by atoms with Crippen LogP contribution in [0.1, 0.15) is 26.5 Å². The van der Waals surface area contributed by atoms with Gasteiger partial charge in [-0.1, -0.05) is 0 Å². The van der Waals surface area contributed by atoms with Gasteiger partial charge in [0.25, 0.3) is 0 Å². The van der Waals surface area contributed by atoms with E-state index in [9.17, 15) is 14.4 Å². The zero-order chi connectivity index (χ0) is 16.3. The summed E-state index contributed by atoms with van der Waals surface area (Å²) in [6.45, 7) is 2.43. The van der Waals surface area contributed by atoms with Gasteiger partial charge in [0, 0.05) is 20.3 Å². The summed E-state index contributed by atoms with van der Waals surface area (Å²) in [4.78, 5) is 41.1. The van der Waals surface area contributed by atoms with Gasteiger partial charge in [0.1, 0.15) is 31.4 Å². The topological polar surface area (TPSA) is 136 Å². The second kappa shape index (κ2) is 6.52. The van der Waals surface area contributed by atoms with Gasteiger partial charge in [-0.3, -0.25) is 14.2 Å². The zero-order valence-electron chi connectivity index (χ0n) is 12.1. The Morgan fingerprint density at radius 3 is 2.77 bits per heavy atom. The number of esters is 2. The lowest BCUT2D eigenvalue weighted by Gasteiger charge is -2.17. The predicted molar refractivity (Wildman–Crippen MR) is 71.4 cm³/mol. The molecule has 0 spiro atoms. The Labute approximate surface area is 125 Å². The summed E-state index contributed by atoms with van der Waals surface area (Å²) in [7, 11) is 0. The maximum atomic E-state index is 11.8. The van der Waals surface area contributed by atoms with E-state index in [4.69, 9.17) is 19.9 Å². The number of carbonyl (C=O) groups is 2. The van der Waals surface area contributed by atoms with Gasteiger partial charge in [-0.2, -0.15) is 4.98 Å². The van der Waals surface area contributed by atoms with Crippen LogP contribution in [0.5, 0.6) is 0 Å². The molecule has 1 aromatic heterocycles. The van der Waals surface area contributed by atoms with E-state index in [1.807, 2.05) is 0 Å². The van der Waals surface area contributed by atoms with E-state index in [1.54, 1.807) is 0 Å². The molecule has 0 amide bonds. The molecule has 2 heterocycles. The molecule has 1 aromatic rings. The number of rotatable bonds is 4. The number of ether oxygens (including phenoxy) is 3. The lowest BCUT2D eigenvalue weighted by Crippen LogP contribution is -2.31. The minimum absolute atomic E-state index is 0.0889. The lowest BCUT2D eigenvalue weighted by atomic mass is 10.2. The van der Waals surface area contributed by atoms with Crippen LogP contribution in [-0.2, 0) is 23.8 Å². The fourth-order valence-corrected chi connectivity index (χ4v) is 2.11. The molecule has 1 fully saturated rings. The molecule has 0 unspecified atom stereocenters. The SMILES string of the molecule is CC(=O)OC[C@H]1O[C@@H](n2cnc(N)nc2=O)C[C@@H]1OC(C)=O. The molecule has 2 N–H and O–H groups in total. The van der Waals surface area contributed by atoms with Crippen molar-refractivity contribution < 1.29 is 23.8 Å². The standard InChI is InChI=1S/C12H16N4O6/c1-6(17)20-4-9-8(21-7(2)18)3-10(22-9)16-5-14-11(13)15-12(16)19/h5,8-10H,3-4H2,1-2H3,(H2,13,15,19)/t8-,9+,10+/m0/s1. The largest absolute Gasteiger partial charge is 0.463 e. The van der Waals surface area contributed by atoms with Crippen LogP contribution in [0.2, 0.25) is 0 Å². The van der Waals surface area contributed by atoms with Crippen LogP contribution >= 0.6 is 0 Å². The number of nitrogens with zero attached hydrogens (tertiary/aromatic N) is 3. The number of nitrogens with two attached hydrogens (primary N) is 1. The van der Waals surface area contributed by atoms with Gasteiger partial charge in [-0.15, -0.1) is 0 Å². The molecule has 2 rings (SSSR count). The summed E-state index contributed by atoms with van der Waals surface area (Å²) >= 11 is 0. The molecule has 22 heavy (non-hydrogen) atoms. The van der Waals surface area contributed by atoms with E-state index < -0.39 is 36.1 Å². The van der Waals surface area contributed by atoms with Crippen LogP contribution in [0.15, 0.2) is 11.1 Å². The fourth-order valence-electron chi connectivity index (χ4n) is 2.11. The molecule has 10 heteroatoms. The highest BCUT2D eigenvalue weighted by atomic mass is 16.6. The first kappa shape index (κ1) is 15.9. The summed E-state index contributed by atoms with van der Waals surface area (Å²) in [5, 5.41) is 0. The van der Waals surface area contributed by atoms with E-state index in [0.717, 1.165) is 4.57 Å². The van der Waals surface area contributed by atoms with E-state index in [1.165, 1.54) is 20.2 Å². The number of hydrogen-bond acceptors (Lipinski definition) is 9. The number of carbonyl (C=O) groups excluding carboxylic acids is 2. The third-order valence-electron chi connectivity index (χ3n) is 3.00. The number of aromatic nitrogens is 3. The van der Waals surface area contributed by atoms with Crippen LogP contribution < -0.4 is 11.4 Å². The highest BCUT2D eigenvalue weighted by Crippen LogP contribution is 2.30. The van der Waals surface area contributed by atoms with E-state index >= 15 is 0 Å². The second-order valence-corrected chi connectivity index (χ2v) is 4.72. The van der Waals surface area contributed by atoms with Gasteiger partial charge < -0.3 is 19.9 Å². The van der Waals surface area contributed by atoms with Crippen molar-refractivity contribution in [2.45, 2.75) is 38.7 Å². The Morgan fingerprint density at radius 2 is 2.18 bits per heavy atom. The third-order valence-corrected chi connectivity index (χ3v) is 3.00. The van der Waals surface area contributed by atoms with Crippen LogP contribution in [0.3, 0.4) is 0 Å². The average Bonchev–Trinajstić information content (AvgIpc) is 2.78. The van der Waals surface area contributed by atoms with Crippen molar-refractivity contribution in [3.05, 3.63) is 16.8 Å². The van der Waals surface area contributed by atoms with Gasteiger partial charge >= 0.3 is 17.6 Å². The Balaban J connectivity index is 2.15. The van der Waals surface area contributed by atoms with Crippen molar-refractivity contribution in [1.29, 1.82) is 0 Å². The normalized spacial score (nSPS) is 24.0. The van der Waals surface area contributed by atoms with E-state index in [0.29, 0.717) is 0 Å². The van der Waals surface area contributed by atoms with Gasteiger partial charge in [0.2, 0.25) is 5.95 Å². The first-order valence-corrected chi connectivity index (χ1v) is 6.53. The molecular formula is C12H16N4O6. The smallest absolute Gasteiger partial charge is 0.354 e. The number of hydrogen-bond donors (Lipinski definition) is 1. The van der Waals surface area contributed by atoms with Gasteiger partial charge in [-0.25, -0.2) is 9.78 Å². The monoisotopic (exact) mass is 312 g/mol. The maximum Gasteiger partial charge on any atom is 0.354 e. The van der Waals surface area contributed by atoms with Crippen LogP contribution in [0.4, 0.5) is 5.95 Å². The molecular weight excluding hydrogens is 296 g/mol. The quantitative estimate of drug-likeness (QED) is 0.694. The Hall–Kier alpha value is -2.49. The molecule has 120 valence electrons. The van der Waals surface area contributed by atoms with Crippen LogP contribution in [0, 0.1) is 0 Å². The molecule has 0 aliphatic carbocycles. The molecule has 10 nitrogen and oxygen atoms in total. The summed E-state index contributed by atoms with van der Waals surface area (Å²) in [5.74, 6) is -1.13. The molecule has 1 aliphatic rings. The van der Waals surface area contributed by atoms with Crippen molar-refractivity contribution in [2.75, 3.05) is 12.3 Å². The summed E-state index contributed by atoms with van der Waals surface area (Å²) in [6, 6.07) is 0. The van der Waals surface area contributed by atoms with Crippen molar-refractivity contribution in [2.24, 2.45) is 0 Å². The number of nitrogen functional groups attached to an aromatic ring is 1. The van der Waals surface area contributed by atoms with Crippen molar-refractivity contribution in [1.82, 2.24) is 14.5 Å². The van der Waals surface area contributed by atoms with Crippen LogP contribution in [0.25, 0.3) is 0 Å². The van der Waals surface area contributed by atoms with Gasteiger partial charge in [-0.05, 0) is 0 Å². The Bertz CT molecular complexity index is 630. The molecule has 1 aliphatic heterocycles. The van der Waals surface area contributed by atoms with Gasteiger partial charge in [0.15, 0.2) is 0 Å². The van der Waals surface area contributed by atoms with Gasteiger partial charge in [0.05, 0.1) is 0 Å². The van der Waals surface area contributed by atoms with Crippen LogP contribution in [-0.4, -0.2) is 45.3 Å². The second-order valence-electron chi connectivity index (χ2n) is 4.72. The van der Waals surface area contributed by atoms with E-state index in [-0.39, 0.29) is 19.0 Å². The van der Waals surface area contributed by atoms with Crippen molar-refractivity contribution in [3.63, 3.8) is 0 Å². The van der Waals surface area contributed by atoms with Crippen molar-refractivity contribution in [3.8, 4) is 0 Å². The molecule has 0 bridgehead atoms. The summed E-state index contributed by atoms with van der Waals surface area (Å²) in [6.07, 6.45) is -0.654. The maximum absolute atomic E-state index is 11.8. The zero-order valence-corrected chi connectivity index (χ0v) is 12.1. The highest BCUT2D eigenvalue weighted by Gasteiger charge is 2.39. The molecule has 0 aromatic carbocycles. The van der Waals surface area contributed by atoms with Crippen molar-refractivity contribution >= 4 is 17.9 Å². The fraction of sp³-hybridized carbons (Fsp3) is 0.583. The first-order valence-electron chi connectivity index (χ1n) is 6.53. The third kappa shape index (κ3) is 3.79. The summed E-state index contributed by atoms with van der Waals surface area (Å²) < 4.78 is 16.8. The lowest BCUT2D eigenvalue weighted by molar-refractivity contribution is -0.155. The summed E-state index contributed by atoms with van der Waals surface area (Å²) in [5.41, 5.74) is 4.69. The minimum Gasteiger partial charge on any atom is -0.463 e. The molecule has 3 atom stereocenters. The van der Waals surface area contributed by atoms with E-state index in [2.05, 4.69) is 9.97 Å². The first-order chi connectivity index (χ1) is 10.4. The molecule has 0 radical (unpaired) electrons. The highest BCUT2D eigenvalue weighted by molar-refractivity contribution is 5.66.